The summed E-state index contributed by atoms with van der Waals surface area (Å²) in [5.41, 5.74) is 1.84. The number of thioether (sulfide) groups is 1. The van der Waals surface area contributed by atoms with E-state index in [1.54, 1.807) is 18.2 Å². The largest absolute Gasteiger partial charge is 0.416 e. The van der Waals surface area contributed by atoms with E-state index in [1.165, 1.54) is 24.3 Å². The van der Waals surface area contributed by atoms with Gasteiger partial charge in [-0.3, -0.25) is 4.79 Å². The fourth-order valence-electron chi connectivity index (χ4n) is 3.45. The third-order valence-electron chi connectivity index (χ3n) is 5.14. The highest BCUT2D eigenvalue weighted by Crippen LogP contribution is 2.35. The highest BCUT2D eigenvalue weighted by molar-refractivity contribution is 8.00. The number of nitriles is 1. The topological polar surface area (TPSA) is 65.8 Å². The Morgan fingerprint density at radius 3 is 2.33 bits per heavy atom. The first kappa shape index (κ1) is 24.9. The second-order valence-electron chi connectivity index (χ2n) is 7.64. The molecule has 0 atom stereocenters. The Bertz CT molecular complexity index is 1430. The SMILES string of the molecule is N#Cc1c(-c2ccccc2)cc(-c2ccc(F)cc2)nc1SCC(=O)Nc1cccc(C(F)(F)F)c1. The number of aromatic nitrogens is 1. The summed E-state index contributed by atoms with van der Waals surface area (Å²) in [5, 5.41) is 12.6. The van der Waals surface area contributed by atoms with Gasteiger partial charge < -0.3 is 5.32 Å². The van der Waals surface area contributed by atoms with Gasteiger partial charge in [0.2, 0.25) is 5.91 Å². The molecule has 36 heavy (non-hydrogen) atoms. The summed E-state index contributed by atoms with van der Waals surface area (Å²) in [5.74, 6) is -1.16. The van der Waals surface area contributed by atoms with Crippen molar-refractivity contribution < 1.29 is 22.4 Å². The minimum absolute atomic E-state index is 0.00827. The van der Waals surface area contributed by atoms with Crippen molar-refractivity contribution in [3.8, 4) is 28.5 Å². The highest BCUT2D eigenvalue weighted by Gasteiger charge is 2.30. The molecule has 1 aromatic heterocycles. The number of anilines is 1. The molecule has 0 aliphatic heterocycles. The monoisotopic (exact) mass is 507 g/mol. The summed E-state index contributed by atoms with van der Waals surface area (Å²) >= 11 is 0.988. The van der Waals surface area contributed by atoms with Gasteiger partial charge in [0, 0.05) is 16.8 Å². The summed E-state index contributed by atoms with van der Waals surface area (Å²) in [4.78, 5) is 17.1. The highest BCUT2D eigenvalue weighted by atomic mass is 32.2. The van der Waals surface area contributed by atoms with Gasteiger partial charge in [0.05, 0.1) is 22.6 Å². The maximum Gasteiger partial charge on any atom is 0.416 e. The van der Waals surface area contributed by atoms with Crippen molar-refractivity contribution in [1.29, 1.82) is 5.26 Å². The van der Waals surface area contributed by atoms with E-state index in [2.05, 4.69) is 16.4 Å². The van der Waals surface area contributed by atoms with E-state index >= 15 is 0 Å². The van der Waals surface area contributed by atoms with E-state index in [0.29, 0.717) is 16.8 Å². The van der Waals surface area contributed by atoms with Crippen molar-refractivity contribution in [3.05, 3.63) is 102 Å². The molecule has 4 nitrogen and oxygen atoms in total. The smallest absolute Gasteiger partial charge is 0.325 e. The van der Waals surface area contributed by atoms with Crippen molar-refractivity contribution in [2.75, 3.05) is 11.1 Å². The van der Waals surface area contributed by atoms with Crippen LogP contribution >= 0.6 is 11.8 Å². The van der Waals surface area contributed by atoms with Crippen molar-refractivity contribution in [1.82, 2.24) is 4.98 Å². The Balaban J connectivity index is 1.64. The zero-order valence-electron chi connectivity index (χ0n) is 18.5. The number of benzene rings is 3. The number of carbonyl (C=O) groups excluding carboxylic acids is 1. The second kappa shape index (κ2) is 10.6. The summed E-state index contributed by atoms with van der Waals surface area (Å²) in [6, 6.07) is 23.1. The Labute approximate surface area is 208 Å². The quantitative estimate of drug-likeness (QED) is 0.222. The minimum Gasteiger partial charge on any atom is -0.325 e. The molecule has 1 N–H and O–H groups in total. The zero-order valence-corrected chi connectivity index (χ0v) is 19.3. The molecular weight excluding hydrogens is 490 g/mol. The van der Waals surface area contributed by atoms with Crippen molar-refractivity contribution >= 4 is 23.4 Å². The number of hydrogen-bond donors (Lipinski definition) is 1. The van der Waals surface area contributed by atoms with Gasteiger partial charge in [-0.05, 0) is 54.1 Å². The van der Waals surface area contributed by atoms with Crippen molar-refractivity contribution in [3.63, 3.8) is 0 Å². The van der Waals surface area contributed by atoms with Gasteiger partial charge in [-0.15, -0.1) is 0 Å². The van der Waals surface area contributed by atoms with Gasteiger partial charge >= 0.3 is 6.18 Å². The van der Waals surface area contributed by atoms with Crippen molar-refractivity contribution in [2.24, 2.45) is 0 Å². The predicted octanol–water partition coefficient (Wildman–Crippen LogP) is 7.18. The van der Waals surface area contributed by atoms with Crippen LogP contribution in [0.4, 0.5) is 23.2 Å². The lowest BCUT2D eigenvalue weighted by Crippen LogP contribution is -2.15. The third-order valence-corrected chi connectivity index (χ3v) is 6.11. The van der Waals surface area contributed by atoms with Crippen LogP contribution in [0.5, 0.6) is 0 Å². The minimum atomic E-state index is -4.53. The number of alkyl halides is 3. The van der Waals surface area contributed by atoms with E-state index in [9.17, 15) is 27.6 Å². The summed E-state index contributed by atoms with van der Waals surface area (Å²) in [6.45, 7) is 0. The first-order valence-electron chi connectivity index (χ1n) is 10.6. The zero-order chi connectivity index (χ0) is 25.7. The molecule has 0 aliphatic carbocycles. The average Bonchev–Trinajstić information content (AvgIpc) is 2.87. The number of hydrogen-bond acceptors (Lipinski definition) is 4. The maximum atomic E-state index is 13.4. The molecule has 4 aromatic rings. The lowest BCUT2D eigenvalue weighted by molar-refractivity contribution is -0.137. The van der Waals surface area contributed by atoms with E-state index in [-0.39, 0.29) is 22.0 Å². The number of amides is 1. The number of rotatable bonds is 6. The van der Waals surface area contributed by atoms with Crippen LogP contribution in [0.2, 0.25) is 0 Å². The average molecular weight is 508 g/mol. The van der Waals surface area contributed by atoms with Crippen LogP contribution in [-0.2, 0) is 11.0 Å². The van der Waals surface area contributed by atoms with Crippen molar-refractivity contribution in [2.45, 2.75) is 11.2 Å². The molecule has 0 fully saturated rings. The van der Waals surface area contributed by atoms with Gasteiger partial charge in [0.25, 0.3) is 0 Å². The van der Waals surface area contributed by atoms with Crippen LogP contribution in [0.1, 0.15) is 11.1 Å². The maximum absolute atomic E-state index is 13.4. The predicted molar refractivity (Wildman–Crippen MR) is 131 cm³/mol. The molecule has 0 bridgehead atoms. The Morgan fingerprint density at radius 1 is 0.944 bits per heavy atom. The molecule has 9 heteroatoms. The van der Waals surface area contributed by atoms with E-state index in [1.807, 2.05) is 30.3 Å². The first-order chi connectivity index (χ1) is 17.2. The molecule has 3 aromatic carbocycles. The standard InChI is InChI=1S/C27H17F4N3OS/c28-20-11-9-18(10-12-20)24-14-22(17-5-2-1-3-6-17)23(15-32)26(34-24)36-16-25(35)33-21-8-4-7-19(13-21)27(29,30)31/h1-14H,16H2,(H,33,35). The van der Waals surface area contributed by atoms with Gasteiger partial charge in [-0.25, -0.2) is 9.37 Å². The molecule has 1 amide bonds. The molecule has 0 unspecified atom stereocenters. The number of carbonyl (C=O) groups is 1. The molecule has 180 valence electrons. The molecule has 1 heterocycles. The van der Waals surface area contributed by atoms with Crippen LogP contribution in [0.25, 0.3) is 22.4 Å². The van der Waals surface area contributed by atoms with Gasteiger partial charge in [0.15, 0.2) is 0 Å². The van der Waals surface area contributed by atoms with Crippen LogP contribution in [0.15, 0.2) is 90.0 Å². The van der Waals surface area contributed by atoms with Crippen LogP contribution in [0, 0.1) is 17.1 Å². The fourth-order valence-corrected chi connectivity index (χ4v) is 4.26. The first-order valence-corrected chi connectivity index (χ1v) is 11.6. The second-order valence-corrected chi connectivity index (χ2v) is 8.60. The van der Waals surface area contributed by atoms with Crippen LogP contribution in [0.3, 0.4) is 0 Å². The Morgan fingerprint density at radius 2 is 1.67 bits per heavy atom. The summed E-state index contributed by atoms with van der Waals surface area (Å²) in [7, 11) is 0. The lowest BCUT2D eigenvalue weighted by Gasteiger charge is -2.13. The normalized spacial score (nSPS) is 11.1. The van der Waals surface area contributed by atoms with Crippen LogP contribution < -0.4 is 5.32 Å². The van der Waals surface area contributed by atoms with E-state index in [0.717, 1.165) is 29.5 Å². The summed E-state index contributed by atoms with van der Waals surface area (Å²) in [6.07, 6.45) is -4.53. The number of nitrogens with zero attached hydrogens (tertiary/aromatic N) is 2. The number of nitrogens with one attached hydrogen (secondary N) is 1. The molecule has 4 rings (SSSR count). The molecule has 0 spiro atoms. The Hall–Kier alpha value is -4.16. The number of halogens is 4. The molecular formula is C27H17F4N3OS. The summed E-state index contributed by atoms with van der Waals surface area (Å²) < 4.78 is 52.3. The third kappa shape index (κ3) is 5.90. The Kier molecular flexibility index (Phi) is 7.36. The van der Waals surface area contributed by atoms with Gasteiger partial charge in [-0.1, -0.05) is 48.2 Å². The van der Waals surface area contributed by atoms with E-state index in [4.69, 9.17) is 0 Å². The lowest BCUT2D eigenvalue weighted by atomic mass is 9.99. The van der Waals surface area contributed by atoms with E-state index < -0.39 is 23.5 Å². The fraction of sp³-hybridized carbons (Fsp3) is 0.0741. The molecule has 0 saturated carbocycles. The van der Waals surface area contributed by atoms with Gasteiger partial charge in [-0.2, -0.15) is 18.4 Å². The number of pyridine rings is 1. The molecule has 0 saturated heterocycles. The molecule has 0 aliphatic rings. The van der Waals surface area contributed by atoms with Crippen LogP contribution in [-0.4, -0.2) is 16.6 Å². The van der Waals surface area contributed by atoms with Gasteiger partial charge in [0.1, 0.15) is 16.9 Å². The molecule has 0 radical (unpaired) electrons.